The lowest BCUT2D eigenvalue weighted by Gasteiger charge is -2.36. The summed E-state index contributed by atoms with van der Waals surface area (Å²) < 4.78 is 1.89. The van der Waals surface area contributed by atoms with E-state index in [1.165, 1.54) is 6.42 Å². The fraction of sp³-hybridized carbons (Fsp3) is 0.750. The van der Waals surface area contributed by atoms with E-state index in [2.05, 4.69) is 20.6 Å². The zero-order valence-corrected chi connectivity index (χ0v) is 13.6. The van der Waals surface area contributed by atoms with Gasteiger partial charge in [-0.3, -0.25) is 9.48 Å². The molecule has 1 aliphatic heterocycles. The minimum Gasteiger partial charge on any atom is -0.315 e. The van der Waals surface area contributed by atoms with E-state index in [0.29, 0.717) is 11.7 Å². The van der Waals surface area contributed by atoms with E-state index >= 15 is 0 Å². The first-order valence-corrected chi connectivity index (χ1v) is 8.30. The average molecular weight is 305 g/mol. The molecular formula is C16H27N5O. The molecule has 0 unspecified atom stereocenters. The minimum atomic E-state index is -0.217. The van der Waals surface area contributed by atoms with Crippen LogP contribution in [-0.2, 0) is 11.3 Å². The number of nitrogens with zero attached hydrogens (tertiary/aromatic N) is 3. The molecule has 22 heavy (non-hydrogen) atoms. The van der Waals surface area contributed by atoms with E-state index in [-0.39, 0.29) is 11.3 Å². The van der Waals surface area contributed by atoms with Crippen molar-refractivity contribution in [3.63, 3.8) is 0 Å². The van der Waals surface area contributed by atoms with Crippen molar-refractivity contribution in [2.45, 2.75) is 32.2 Å². The van der Waals surface area contributed by atoms with Gasteiger partial charge in [-0.1, -0.05) is 12.8 Å². The molecule has 1 aliphatic carbocycles. The van der Waals surface area contributed by atoms with Crippen LogP contribution in [0.3, 0.4) is 0 Å². The number of carbonyl (C=O) groups excluding carboxylic acids is 1. The first-order chi connectivity index (χ1) is 10.6. The summed E-state index contributed by atoms with van der Waals surface area (Å²) in [6.07, 6.45) is 6.50. The van der Waals surface area contributed by atoms with Gasteiger partial charge < -0.3 is 15.5 Å². The highest BCUT2D eigenvalue weighted by molar-refractivity contribution is 5.95. The summed E-state index contributed by atoms with van der Waals surface area (Å²) in [4.78, 5) is 15.0. The monoisotopic (exact) mass is 305 g/mol. The Balaban J connectivity index is 1.64. The van der Waals surface area contributed by atoms with Gasteiger partial charge in [-0.25, -0.2) is 0 Å². The van der Waals surface area contributed by atoms with Crippen molar-refractivity contribution >= 4 is 11.7 Å². The summed E-state index contributed by atoms with van der Waals surface area (Å²) in [6, 6.07) is 1.89. The van der Waals surface area contributed by atoms with E-state index < -0.39 is 0 Å². The molecule has 2 N–H and O–H groups in total. The van der Waals surface area contributed by atoms with Gasteiger partial charge >= 0.3 is 0 Å². The van der Waals surface area contributed by atoms with Crippen LogP contribution < -0.4 is 10.6 Å². The van der Waals surface area contributed by atoms with Gasteiger partial charge in [-0.15, -0.1) is 0 Å². The summed E-state index contributed by atoms with van der Waals surface area (Å²) in [5, 5.41) is 10.9. The molecule has 0 aromatic carbocycles. The van der Waals surface area contributed by atoms with Gasteiger partial charge in [0.05, 0.1) is 12.0 Å². The quantitative estimate of drug-likeness (QED) is 0.857. The van der Waals surface area contributed by atoms with Crippen LogP contribution in [0, 0.1) is 11.3 Å². The molecule has 1 aromatic heterocycles. The predicted molar refractivity (Wildman–Crippen MR) is 86.7 cm³/mol. The van der Waals surface area contributed by atoms with Gasteiger partial charge in [0.1, 0.15) is 0 Å². The number of fused-ring (bicyclic) bond motifs is 1. The van der Waals surface area contributed by atoms with E-state index in [1.54, 1.807) is 0 Å². The third kappa shape index (κ3) is 3.03. The number of nitrogens with one attached hydrogen (secondary N) is 2. The highest BCUT2D eigenvalue weighted by atomic mass is 16.2. The molecule has 0 radical (unpaired) electrons. The molecule has 3 rings (SSSR count). The number of aromatic nitrogens is 2. The van der Waals surface area contributed by atoms with Crippen LogP contribution in [-0.4, -0.2) is 54.3 Å². The molecule has 2 heterocycles. The van der Waals surface area contributed by atoms with E-state index in [4.69, 9.17) is 0 Å². The van der Waals surface area contributed by atoms with E-state index in [9.17, 15) is 4.79 Å². The Kier molecular flexibility index (Phi) is 4.49. The Morgan fingerprint density at radius 2 is 2.41 bits per heavy atom. The first kappa shape index (κ1) is 15.5. The second-order valence-corrected chi connectivity index (χ2v) is 6.95. The fourth-order valence-corrected chi connectivity index (χ4v) is 3.79. The predicted octanol–water partition coefficient (Wildman–Crippen LogP) is 1.16. The number of carbonyl (C=O) groups is 1. The van der Waals surface area contributed by atoms with E-state index in [0.717, 1.165) is 45.4 Å². The molecule has 1 amide bonds. The van der Waals surface area contributed by atoms with Gasteiger partial charge in [0.2, 0.25) is 5.91 Å². The van der Waals surface area contributed by atoms with Gasteiger partial charge in [0.25, 0.3) is 0 Å². The molecule has 6 nitrogen and oxygen atoms in total. The summed E-state index contributed by atoms with van der Waals surface area (Å²) in [5.41, 5.74) is -0.217. The second-order valence-electron chi connectivity index (χ2n) is 6.95. The van der Waals surface area contributed by atoms with Crippen LogP contribution in [0.5, 0.6) is 0 Å². The number of anilines is 1. The van der Waals surface area contributed by atoms with Gasteiger partial charge in [0.15, 0.2) is 5.82 Å². The molecule has 2 fully saturated rings. The van der Waals surface area contributed by atoms with Crippen LogP contribution in [0.2, 0.25) is 0 Å². The Labute approximate surface area is 132 Å². The van der Waals surface area contributed by atoms with Crippen molar-refractivity contribution in [3.8, 4) is 0 Å². The molecule has 122 valence electrons. The molecule has 2 atom stereocenters. The summed E-state index contributed by atoms with van der Waals surface area (Å²) >= 11 is 0. The maximum atomic E-state index is 12.8. The van der Waals surface area contributed by atoms with Crippen molar-refractivity contribution < 1.29 is 4.79 Å². The SMILES string of the molecule is CN(C)CCn1ccc(NC(=O)[C@@]23CCCC[C@H]2CNC3)n1. The lowest BCUT2D eigenvalue weighted by molar-refractivity contribution is -0.128. The normalized spacial score (nSPS) is 27.9. The van der Waals surface area contributed by atoms with Gasteiger partial charge in [-0.2, -0.15) is 5.10 Å². The Morgan fingerprint density at radius 1 is 1.55 bits per heavy atom. The van der Waals surface area contributed by atoms with Crippen molar-refractivity contribution in [3.05, 3.63) is 12.3 Å². The zero-order valence-electron chi connectivity index (χ0n) is 13.6. The number of rotatable bonds is 5. The standard InChI is InChI=1S/C16H27N5O/c1-20(2)9-10-21-8-6-14(19-21)18-15(22)16-7-4-3-5-13(16)11-17-12-16/h6,8,13,17H,3-5,7,9-12H2,1-2H3,(H,18,19,22)/t13-,16+/m0/s1. The van der Waals surface area contributed by atoms with Gasteiger partial charge in [0, 0.05) is 25.4 Å². The van der Waals surface area contributed by atoms with Crippen LogP contribution in [0.4, 0.5) is 5.82 Å². The lowest BCUT2D eigenvalue weighted by Crippen LogP contribution is -2.44. The highest BCUT2D eigenvalue weighted by Crippen LogP contribution is 2.44. The number of likely N-dealkylation sites (N-methyl/N-ethyl adjacent to an activating group) is 1. The third-order valence-corrected chi connectivity index (χ3v) is 5.15. The van der Waals surface area contributed by atoms with E-state index in [1.807, 2.05) is 31.0 Å². The number of hydrogen-bond donors (Lipinski definition) is 2. The molecule has 6 heteroatoms. The largest absolute Gasteiger partial charge is 0.315 e. The molecular weight excluding hydrogens is 278 g/mol. The van der Waals surface area contributed by atoms with Crippen molar-refractivity contribution in [1.29, 1.82) is 0 Å². The molecule has 1 saturated carbocycles. The molecule has 0 bridgehead atoms. The summed E-state index contributed by atoms with van der Waals surface area (Å²) in [6.45, 7) is 3.55. The van der Waals surface area contributed by atoms with Crippen molar-refractivity contribution in [2.75, 3.05) is 39.0 Å². The highest BCUT2D eigenvalue weighted by Gasteiger charge is 2.49. The number of hydrogen-bond acceptors (Lipinski definition) is 4. The smallest absolute Gasteiger partial charge is 0.233 e. The Morgan fingerprint density at radius 3 is 3.23 bits per heavy atom. The topological polar surface area (TPSA) is 62.2 Å². The van der Waals surface area contributed by atoms with Crippen LogP contribution >= 0.6 is 0 Å². The lowest BCUT2D eigenvalue weighted by atomic mass is 9.67. The minimum absolute atomic E-state index is 0.153. The van der Waals surface area contributed by atoms with Gasteiger partial charge in [-0.05, 0) is 39.4 Å². The van der Waals surface area contributed by atoms with Crippen molar-refractivity contribution in [2.24, 2.45) is 11.3 Å². The summed E-state index contributed by atoms with van der Waals surface area (Å²) in [7, 11) is 4.09. The molecule has 0 spiro atoms. The van der Waals surface area contributed by atoms with Crippen molar-refractivity contribution in [1.82, 2.24) is 20.0 Å². The number of amides is 1. The zero-order chi connectivity index (χ0) is 15.6. The van der Waals surface area contributed by atoms with Crippen LogP contribution in [0.15, 0.2) is 12.3 Å². The second kappa shape index (κ2) is 6.38. The Bertz CT molecular complexity index is 526. The molecule has 2 aliphatic rings. The molecule has 1 saturated heterocycles. The van der Waals surface area contributed by atoms with Crippen LogP contribution in [0.25, 0.3) is 0 Å². The summed E-state index contributed by atoms with van der Waals surface area (Å²) in [5.74, 6) is 1.31. The third-order valence-electron chi connectivity index (χ3n) is 5.15. The fourth-order valence-electron chi connectivity index (χ4n) is 3.79. The average Bonchev–Trinajstić information content (AvgIpc) is 3.11. The maximum absolute atomic E-state index is 12.8. The maximum Gasteiger partial charge on any atom is 0.233 e. The van der Waals surface area contributed by atoms with Crippen LogP contribution in [0.1, 0.15) is 25.7 Å². The Hall–Kier alpha value is -1.40. The molecule has 1 aromatic rings. The first-order valence-electron chi connectivity index (χ1n) is 8.30.